The van der Waals surface area contributed by atoms with Gasteiger partial charge in [0, 0.05) is 6.61 Å². The molecule has 1 heterocycles. The van der Waals surface area contributed by atoms with E-state index in [-0.39, 0.29) is 11.6 Å². The topological polar surface area (TPSA) is 35.2 Å². The molecule has 2 unspecified atom stereocenters. The molecule has 1 aliphatic heterocycles. The summed E-state index contributed by atoms with van der Waals surface area (Å²) in [6.45, 7) is 12.0. The van der Waals surface area contributed by atoms with Crippen molar-refractivity contribution in [3.63, 3.8) is 0 Å². The van der Waals surface area contributed by atoms with Gasteiger partial charge in [0.15, 0.2) is 0 Å². The van der Waals surface area contributed by atoms with Crippen molar-refractivity contribution >= 4 is 0 Å². The molecule has 2 atom stereocenters. The third-order valence-electron chi connectivity index (χ3n) is 4.64. The predicted octanol–water partition coefficient (Wildman–Crippen LogP) is 4.50. The van der Waals surface area contributed by atoms with Gasteiger partial charge in [0.1, 0.15) is 0 Å². The van der Waals surface area contributed by atoms with Gasteiger partial charge in [-0.25, -0.2) is 0 Å². The van der Waals surface area contributed by atoms with E-state index in [2.05, 4.69) is 52.8 Å². The number of hydrogen-bond acceptors (Lipinski definition) is 2. The number of nitrogens with two attached hydrogens (primary N) is 1. The summed E-state index contributed by atoms with van der Waals surface area (Å²) in [6.07, 6.45) is 2.17. The lowest BCUT2D eigenvalue weighted by molar-refractivity contribution is -0.00199. The Hall–Kier alpha value is -0.860. The van der Waals surface area contributed by atoms with Crippen LogP contribution in [-0.2, 0) is 4.74 Å². The summed E-state index contributed by atoms with van der Waals surface area (Å²) in [5, 5.41) is 0. The van der Waals surface area contributed by atoms with Gasteiger partial charge < -0.3 is 10.5 Å². The minimum absolute atomic E-state index is 0.0383. The Balaban J connectivity index is 2.40. The molecule has 0 bridgehead atoms. The zero-order valence-corrected chi connectivity index (χ0v) is 13.6. The van der Waals surface area contributed by atoms with Crippen LogP contribution >= 0.6 is 0 Å². The highest BCUT2D eigenvalue weighted by atomic mass is 16.5. The molecule has 2 rings (SSSR count). The minimum atomic E-state index is -0.205. The predicted molar refractivity (Wildman–Crippen MR) is 85.1 cm³/mol. The quantitative estimate of drug-likeness (QED) is 0.878. The van der Waals surface area contributed by atoms with E-state index in [1.807, 2.05) is 0 Å². The fourth-order valence-corrected chi connectivity index (χ4v) is 3.11. The largest absolute Gasteiger partial charge is 0.373 e. The standard InChI is InChI=1S/C18H29NO/c1-12(2)14-7-8-15(16(11-14)13(3)4)17(19)18(5)9-6-10-20-18/h7-8,11-13,17H,6,9-10,19H2,1-5H3. The van der Waals surface area contributed by atoms with Crippen molar-refractivity contribution in [2.75, 3.05) is 6.61 Å². The van der Waals surface area contributed by atoms with Crippen LogP contribution in [-0.4, -0.2) is 12.2 Å². The second-order valence-corrected chi connectivity index (χ2v) is 6.94. The molecule has 0 aliphatic carbocycles. The van der Waals surface area contributed by atoms with Crippen LogP contribution < -0.4 is 5.73 Å². The molecule has 112 valence electrons. The zero-order valence-electron chi connectivity index (χ0n) is 13.6. The van der Waals surface area contributed by atoms with E-state index < -0.39 is 0 Å². The third kappa shape index (κ3) is 2.91. The van der Waals surface area contributed by atoms with Crippen molar-refractivity contribution in [3.8, 4) is 0 Å². The van der Waals surface area contributed by atoms with E-state index in [1.54, 1.807) is 0 Å². The van der Waals surface area contributed by atoms with Crippen LogP contribution in [0.25, 0.3) is 0 Å². The van der Waals surface area contributed by atoms with Gasteiger partial charge >= 0.3 is 0 Å². The summed E-state index contributed by atoms with van der Waals surface area (Å²) < 4.78 is 5.94. The summed E-state index contributed by atoms with van der Waals surface area (Å²) in [5.41, 5.74) is 10.4. The first-order valence-electron chi connectivity index (χ1n) is 7.88. The fraction of sp³-hybridized carbons (Fsp3) is 0.667. The first-order valence-corrected chi connectivity index (χ1v) is 7.88. The number of ether oxygens (including phenoxy) is 1. The van der Waals surface area contributed by atoms with E-state index in [9.17, 15) is 0 Å². The van der Waals surface area contributed by atoms with Gasteiger partial charge in [-0.2, -0.15) is 0 Å². The molecule has 0 spiro atoms. The molecular weight excluding hydrogens is 246 g/mol. The van der Waals surface area contributed by atoms with Crippen LogP contribution in [0, 0.1) is 0 Å². The first-order chi connectivity index (χ1) is 9.35. The molecular formula is C18H29NO. The monoisotopic (exact) mass is 275 g/mol. The Morgan fingerprint density at radius 2 is 1.80 bits per heavy atom. The smallest absolute Gasteiger partial charge is 0.0847 e. The van der Waals surface area contributed by atoms with Gasteiger partial charge in [-0.05, 0) is 48.3 Å². The van der Waals surface area contributed by atoms with Crippen molar-refractivity contribution in [3.05, 3.63) is 34.9 Å². The van der Waals surface area contributed by atoms with Crippen LogP contribution in [0.4, 0.5) is 0 Å². The summed E-state index contributed by atoms with van der Waals surface area (Å²) in [7, 11) is 0. The van der Waals surface area contributed by atoms with Crippen LogP contribution in [0.15, 0.2) is 18.2 Å². The van der Waals surface area contributed by atoms with Crippen LogP contribution in [0.3, 0.4) is 0 Å². The maximum atomic E-state index is 6.57. The Kier molecular flexibility index (Phi) is 4.55. The average Bonchev–Trinajstić information content (AvgIpc) is 2.85. The first kappa shape index (κ1) is 15.5. The van der Waals surface area contributed by atoms with Gasteiger partial charge in [0.25, 0.3) is 0 Å². The molecule has 2 nitrogen and oxygen atoms in total. The fourth-order valence-electron chi connectivity index (χ4n) is 3.11. The highest BCUT2D eigenvalue weighted by Crippen LogP contribution is 2.39. The Labute approximate surface area is 123 Å². The summed E-state index contributed by atoms with van der Waals surface area (Å²) >= 11 is 0. The summed E-state index contributed by atoms with van der Waals surface area (Å²) in [5.74, 6) is 1.04. The summed E-state index contributed by atoms with van der Waals surface area (Å²) in [4.78, 5) is 0. The Morgan fingerprint density at radius 3 is 2.30 bits per heavy atom. The molecule has 1 aromatic rings. The molecule has 0 aromatic heterocycles. The molecule has 2 N–H and O–H groups in total. The van der Waals surface area contributed by atoms with Crippen molar-refractivity contribution in [1.82, 2.24) is 0 Å². The maximum Gasteiger partial charge on any atom is 0.0847 e. The van der Waals surface area contributed by atoms with Crippen LogP contribution in [0.2, 0.25) is 0 Å². The minimum Gasteiger partial charge on any atom is -0.373 e. The molecule has 0 amide bonds. The van der Waals surface area contributed by atoms with Crippen molar-refractivity contribution < 1.29 is 4.74 Å². The number of rotatable bonds is 4. The second-order valence-electron chi connectivity index (χ2n) is 6.94. The Morgan fingerprint density at radius 1 is 1.10 bits per heavy atom. The summed E-state index contributed by atoms with van der Waals surface area (Å²) in [6, 6.07) is 6.75. The van der Waals surface area contributed by atoms with Crippen molar-refractivity contribution in [2.45, 2.75) is 70.9 Å². The zero-order chi connectivity index (χ0) is 14.9. The average molecular weight is 275 g/mol. The molecule has 0 radical (unpaired) electrons. The van der Waals surface area contributed by atoms with E-state index in [1.165, 1.54) is 16.7 Å². The van der Waals surface area contributed by atoms with Gasteiger partial charge in [0.2, 0.25) is 0 Å². The molecule has 1 saturated heterocycles. The third-order valence-corrected chi connectivity index (χ3v) is 4.64. The van der Waals surface area contributed by atoms with E-state index in [0.29, 0.717) is 11.8 Å². The van der Waals surface area contributed by atoms with E-state index in [4.69, 9.17) is 10.5 Å². The molecule has 0 saturated carbocycles. The normalized spacial score (nSPS) is 24.6. The Bertz CT molecular complexity index is 458. The van der Waals surface area contributed by atoms with Gasteiger partial charge in [0.05, 0.1) is 11.6 Å². The van der Waals surface area contributed by atoms with Gasteiger partial charge in [-0.3, -0.25) is 0 Å². The second kappa shape index (κ2) is 5.87. The molecule has 20 heavy (non-hydrogen) atoms. The lowest BCUT2D eigenvalue weighted by Gasteiger charge is -2.33. The van der Waals surface area contributed by atoms with Crippen molar-refractivity contribution in [1.29, 1.82) is 0 Å². The lowest BCUT2D eigenvalue weighted by Crippen LogP contribution is -2.38. The highest BCUT2D eigenvalue weighted by molar-refractivity contribution is 5.38. The van der Waals surface area contributed by atoms with Crippen molar-refractivity contribution in [2.24, 2.45) is 5.73 Å². The van der Waals surface area contributed by atoms with Crippen LogP contribution in [0.5, 0.6) is 0 Å². The number of benzene rings is 1. The lowest BCUT2D eigenvalue weighted by atomic mass is 9.82. The highest BCUT2D eigenvalue weighted by Gasteiger charge is 2.38. The maximum absolute atomic E-state index is 6.57. The van der Waals surface area contributed by atoms with Crippen LogP contribution in [0.1, 0.15) is 82.0 Å². The molecule has 1 aliphatic rings. The molecule has 1 fully saturated rings. The van der Waals surface area contributed by atoms with Gasteiger partial charge in [-0.15, -0.1) is 0 Å². The SMILES string of the molecule is CC(C)c1ccc(C(N)C2(C)CCCO2)c(C(C)C)c1. The van der Waals surface area contributed by atoms with E-state index >= 15 is 0 Å². The van der Waals surface area contributed by atoms with E-state index in [0.717, 1.165) is 19.4 Å². The molecule has 2 heteroatoms. The number of hydrogen-bond donors (Lipinski definition) is 1. The van der Waals surface area contributed by atoms with Gasteiger partial charge in [-0.1, -0.05) is 45.9 Å². The molecule has 1 aromatic carbocycles.